The number of aromatic nitrogens is 1. The lowest BCUT2D eigenvalue weighted by Gasteiger charge is -2.19. The van der Waals surface area contributed by atoms with Gasteiger partial charge in [0, 0.05) is 6.20 Å². The van der Waals surface area contributed by atoms with Crippen molar-refractivity contribution in [2.75, 3.05) is 7.11 Å². The molecule has 1 heterocycles. The van der Waals surface area contributed by atoms with E-state index in [2.05, 4.69) is 25.8 Å². The van der Waals surface area contributed by atoms with Crippen LogP contribution in [0.25, 0.3) is 0 Å². The van der Waals surface area contributed by atoms with E-state index in [1.165, 1.54) is 0 Å². The van der Waals surface area contributed by atoms with E-state index < -0.39 is 0 Å². The number of benzene rings is 1. The Kier molecular flexibility index (Phi) is 3.74. The second kappa shape index (κ2) is 5.31. The fourth-order valence-electron chi connectivity index (χ4n) is 1.66. The molecule has 0 fully saturated rings. The van der Waals surface area contributed by atoms with E-state index in [4.69, 9.17) is 9.47 Å². The molecule has 2 aromatic rings. The highest BCUT2D eigenvalue weighted by Crippen LogP contribution is 2.28. The number of nitrogens with zero attached hydrogens (tertiary/aromatic N) is 1. The van der Waals surface area contributed by atoms with Gasteiger partial charge in [0.15, 0.2) is 0 Å². The molecule has 0 aliphatic rings. The maximum atomic E-state index is 5.80. The van der Waals surface area contributed by atoms with Gasteiger partial charge < -0.3 is 9.47 Å². The lowest BCUT2D eigenvalue weighted by molar-refractivity contribution is 0.412. The summed E-state index contributed by atoms with van der Waals surface area (Å²) in [7, 11) is 1.65. The number of hydrogen-bond acceptors (Lipinski definition) is 3. The topological polar surface area (TPSA) is 31.4 Å². The molecule has 0 N–H and O–H groups in total. The fourth-order valence-corrected chi connectivity index (χ4v) is 1.66. The van der Waals surface area contributed by atoms with Crippen molar-refractivity contribution in [3.63, 3.8) is 0 Å². The first-order chi connectivity index (χ1) is 8.99. The van der Waals surface area contributed by atoms with Crippen LogP contribution < -0.4 is 9.47 Å². The molecule has 19 heavy (non-hydrogen) atoms. The summed E-state index contributed by atoms with van der Waals surface area (Å²) in [5.41, 5.74) is 1.21. The van der Waals surface area contributed by atoms with E-state index in [1.54, 1.807) is 13.3 Å². The predicted octanol–water partition coefficient (Wildman–Crippen LogP) is 4.18. The van der Waals surface area contributed by atoms with Crippen LogP contribution in [-0.2, 0) is 5.41 Å². The molecule has 0 unspecified atom stereocenters. The largest absolute Gasteiger partial charge is 0.497 e. The Morgan fingerprint density at radius 1 is 0.895 bits per heavy atom. The minimum absolute atomic E-state index is 0.0618. The normalized spacial score (nSPS) is 11.2. The molecule has 0 aliphatic heterocycles. The van der Waals surface area contributed by atoms with Gasteiger partial charge in [-0.2, -0.15) is 0 Å². The van der Waals surface area contributed by atoms with E-state index in [9.17, 15) is 0 Å². The molecule has 1 aromatic heterocycles. The molecule has 1 aromatic carbocycles. The van der Waals surface area contributed by atoms with Crippen LogP contribution >= 0.6 is 0 Å². The zero-order valence-electron chi connectivity index (χ0n) is 11.8. The SMILES string of the molecule is COc1ccc(Oc2cncc(C(C)(C)C)c2)cc1. The first-order valence-corrected chi connectivity index (χ1v) is 6.26. The number of ether oxygens (including phenoxy) is 2. The third-order valence-corrected chi connectivity index (χ3v) is 2.87. The third kappa shape index (κ3) is 3.47. The van der Waals surface area contributed by atoms with Crippen molar-refractivity contribution in [2.45, 2.75) is 26.2 Å². The van der Waals surface area contributed by atoms with Crippen LogP contribution in [0.1, 0.15) is 26.3 Å². The summed E-state index contributed by atoms with van der Waals surface area (Å²) in [6, 6.07) is 9.52. The number of rotatable bonds is 3. The van der Waals surface area contributed by atoms with Crippen LogP contribution in [0.2, 0.25) is 0 Å². The van der Waals surface area contributed by atoms with E-state index in [1.807, 2.05) is 36.5 Å². The molecule has 3 heteroatoms. The number of methoxy groups -OCH3 is 1. The highest BCUT2D eigenvalue weighted by molar-refractivity contribution is 5.36. The highest BCUT2D eigenvalue weighted by atomic mass is 16.5. The maximum absolute atomic E-state index is 5.80. The molecule has 0 bridgehead atoms. The maximum Gasteiger partial charge on any atom is 0.145 e. The lowest BCUT2D eigenvalue weighted by atomic mass is 9.88. The molecule has 3 nitrogen and oxygen atoms in total. The van der Waals surface area contributed by atoms with Crippen molar-refractivity contribution < 1.29 is 9.47 Å². The summed E-state index contributed by atoms with van der Waals surface area (Å²) >= 11 is 0. The van der Waals surface area contributed by atoms with Gasteiger partial charge in [0.2, 0.25) is 0 Å². The Balaban J connectivity index is 2.18. The van der Waals surface area contributed by atoms with Crippen molar-refractivity contribution in [3.05, 3.63) is 48.3 Å². The van der Waals surface area contributed by atoms with Gasteiger partial charge in [-0.1, -0.05) is 20.8 Å². The van der Waals surface area contributed by atoms with Crippen LogP contribution in [0.15, 0.2) is 42.7 Å². The van der Waals surface area contributed by atoms with Crippen LogP contribution in [-0.4, -0.2) is 12.1 Å². The van der Waals surface area contributed by atoms with Crippen molar-refractivity contribution in [2.24, 2.45) is 0 Å². The zero-order valence-corrected chi connectivity index (χ0v) is 11.8. The molecule has 0 saturated carbocycles. The highest BCUT2D eigenvalue weighted by Gasteiger charge is 2.14. The van der Waals surface area contributed by atoms with Gasteiger partial charge in [-0.25, -0.2) is 0 Å². The second-order valence-corrected chi connectivity index (χ2v) is 5.44. The average molecular weight is 257 g/mol. The predicted molar refractivity (Wildman–Crippen MR) is 76.0 cm³/mol. The van der Waals surface area contributed by atoms with Gasteiger partial charge in [0.1, 0.15) is 17.2 Å². The van der Waals surface area contributed by atoms with Crippen molar-refractivity contribution in [3.8, 4) is 17.2 Å². The Bertz CT molecular complexity index is 541. The fraction of sp³-hybridized carbons (Fsp3) is 0.312. The van der Waals surface area contributed by atoms with Gasteiger partial charge in [0.05, 0.1) is 13.3 Å². The lowest BCUT2D eigenvalue weighted by Crippen LogP contribution is -2.11. The zero-order chi connectivity index (χ0) is 13.9. The molecule has 0 spiro atoms. The van der Waals surface area contributed by atoms with E-state index in [0.29, 0.717) is 0 Å². The van der Waals surface area contributed by atoms with Crippen LogP contribution in [0, 0.1) is 0 Å². The standard InChI is InChI=1S/C16H19NO2/c1-16(2,3)12-9-15(11-17-10-12)19-14-7-5-13(18-4)6-8-14/h5-11H,1-4H3. The van der Waals surface area contributed by atoms with Crippen LogP contribution in [0.4, 0.5) is 0 Å². The monoisotopic (exact) mass is 257 g/mol. The summed E-state index contributed by atoms with van der Waals surface area (Å²) in [5.74, 6) is 2.33. The van der Waals surface area contributed by atoms with Crippen LogP contribution in [0.3, 0.4) is 0 Å². The summed E-state index contributed by atoms with van der Waals surface area (Å²) in [6.45, 7) is 6.46. The molecule has 2 rings (SSSR count). The van der Waals surface area contributed by atoms with E-state index >= 15 is 0 Å². The molecule has 100 valence electrons. The Hall–Kier alpha value is -2.03. The van der Waals surface area contributed by atoms with E-state index in [-0.39, 0.29) is 5.41 Å². The quantitative estimate of drug-likeness (QED) is 0.826. The minimum Gasteiger partial charge on any atom is -0.497 e. The number of pyridine rings is 1. The summed E-state index contributed by atoms with van der Waals surface area (Å²) in [5, 5.41) is 0. The summed E-state index contributed by atoms with van der Waals surface area (Å²) in [6.07, 6.45) is 3.60. The summed E-state index contributed by atoms with van der Waals surface area (Å²) in [4.78, 5) is 4.23. The van der Waals surface area contributed by atoms with Gasteiger partial charge in [-0.05, 0) is 41.3 Å². The van der Waals surface area contributed by atoms with Gasteiger partial charge in [-0.3, -0.25) is 4.98 Å². The van der Waals surface area contributed by atoms with E-state index in [0.717, 1.165) is 22.8 Å². The molecular weight excluding hydrogens is 238 g/mol. The Morgan fingerprint density at radius 2 is 1.53 bits per heavy atom. The molecule has 0 atom stereocenters. The first kappa shape index (κ1) is 13.4. The van der Waals surface area contributed by atoms with Crippen molar-refractivity contribution in [1.82, 2.24) is 4.98 Å². The second-order valence-electron chi connectivity index (χ2n) is 5.44. The van der Waals surface area contributed by atoms with Crippen molar-refractivity contribution in [1.29, 1.82) is 0 Å². The van der Waals surface area contributed by atoms with Crippen LogP contribution in [0.5, 0.6) is 17.2 Å². The molecular formula is C16H19NO2. The third-order valence-electron chi connectivity index (χ3n) is 2.87. The molecule has 0 saturated heterocycles. The Morgan fingerprint density at radius 3 is 2.11 bits per heavy atom. The number of hydrogen-bond donors (Lipinski definition) is 0. The van der Waals surface area contributed by atoms with Gasteiger partial charge in [0.25, 0.3) is 0 Å². The minimum atomic E-state index is 0.0618. The first-order valence-electron chi connectivity index (χ1n) is 6.26. The average Bonchev–Trinajstić information content (AvgIpc) is 2.39. The molecule has 0 radical (unpaired) electrons. The van der Waals surface area contributed by atoms with Gasteiger partial charge >= 0.3 is 0 Å². The molecule has 0 amide bonds. The Labute approximate surface area is 114 Å². The smallest absolute Gasteiger partial charge is 0.145 e. The van der Waals surface area contributed by atoms with Crippen molar-refractivity contribution >= 4 is 0 Å². The summed E-state index contributed by atoms with van der Waals surface area (Å²) < 4.78 is 10.9. The van der Waals surface area contributed by atoms with Gasteiger partial charge in [-0.15, -0.1) is 0 Å². The molecule has 0 aliphatic carbocycles.